The number of likely N-dealkylation sites (tertiary alicyclic amines) is 1. The molecule has 0 aromatic heterocycles. The first-order valence-corrected chi connectivity index (χ1v) is 5.63. The highest BCUT2D eigenvalue weighted by Crippen LogP contribution is 2.50. The molecule has 1 heterocycles. The first kappa shape index (κ1) is 7.84. The van der Waals surface area contributed by atoms with Crippen LogP contribution in [0.1, 0.15) is 44.9 Å². The quantitative estimate of drug-likeness (QED) is 0.602. The van der Waals surface area contributed by atoms with Crippen LogP contribution in [0.4, 0.5) is 0 Å². The molecule has 2 aliphatic carbocycles. The summed E-state index contributed by atoms with van der Waals surface area (Å²) in [7, 11) is 0. The zero-order valence-corrected chi connectivity index (χ0v) is 8.09. The lowest BCUT2D eigenvalue weighted by atomic mass is 9.99. The van der Waals surface area contributed by atoms with E-state index in [-0.39, 0.29) is 0 Å². The summed E-state index contributed by atoms with van der Waals surface area (Å²) in [4.78, 5) is 14.2. The maximum atomic E-state index is 11.9. The fraction of sp³-hybridized carbons (Fsp3) is 0.909. The molecule has 1 spiro atoms. The largest absolute Gasteiger partial charge is 0.337 e. The van der Waals surface area contributed by atoms with Gasteiger partial charge in [0, 0.05) is 18.0 Å². The Morgan fingerprint density at radius 2 is 1.92 bits per heavy atom. The molecule has 13 heavy (non-hydrogen) atoms. The molecule has 0 N–H and O–H groups in total. The van der Waals surface area contributed by atoms with E-state index in [1.54, 1.807) is 0 Å². The molecule has 3 fully saturated rings. The Morgan fingerprint density at radius 1 is 1.15 bits per heavy atom. The van der Waals surface area contributed by atoms with Crippen molar-refractivity contribution in [3.63, 3.8) is 0 Å². The number of carbonyl (C=O) groups excluding carboxylic acids is 1. The SMILES string of the molecule is O=C(C1CC1)N1CCCCC12CC2. The maximum Gasteiger partial charge on any atom is 0.226 e. The van der Waals surface area contributed by atoms with Gasteiger partial charge in [0.05, 0.1) is 0 Å². The number of carbonyl (C=O) groups is 1. The lowest BCUT2D eigenvalue weighted by molar-refractivity contribution is -0.137. The van der Waals surface area contributed by atoms with Crippen LogP contribution >= 0.6 is 0 Å². The van der Waals surface area contributed by atoms with Gasteiger partial charge in [-0.2, -0.15) is 0 Å². The summed E-state index contributed by atoms with van der Waals surface area (Å²) in [5.74, 6) is 0.910. The van der Waals surface area contributed by atoms with E-state index in [4.69, 9.17) is 0 Å². The molecule has 0 unspecified atom stereocenters. The standard InChI is InChI=1S/C11H17NO/c13-10(9-3-4-9)12-8-2-1-5-11(12)6-7-11/h9H,1-8H2. The van der Waals surface area contributed by atoms with E-state index in [9.17, 15) is 4.79 Å². The van der Waals surface area contributed by atoms with Crippen molar-refractivity contribution in [3.8, 4) is 0 Å². The van der Waals surface area contributed by atoms with Crippen LogP contribution in [-0.4, -0.2) is 22.9 Å². The van der Waals surface area contributed by atoms with E-state index in [2.05, 4.69) is 4.90 Å². The van der Waals surface area contributed by atoms with Crippen LogP contribution in [0.15, 0.2) is 0 Å². The molecule has 1 saturated heterocycles. The minimum absolute atomic E-state index is 0.373. The van der Waals surface area contributed by atoms with E-state index in [0.717, 1.165) is 19.4 Å². The predicted octanol–water partition coefficient (Wildman–Crippen LogP) is 1.94. The maximum absolute atomic E-state index is 11.9. The van der Waals surface area contributed by atoms with Crippen LogP contribution in [0.25, 0.3) is 0 Å². The lowest BCUT2D eigenvalue weighted by Gasteiger charge is -2.36. The van der Waals surface area contributed by atoms with Gasteiger partial charge in [0.15, 0.2) is 0 Å². The fourth-order valence-electron chi connectivity index (χ4n) is 2.65. The molecule has 0 radical (unpaired) electrons. The van der Waals surface area contributed by atoms with Crippen molar-refractivity contribution in [2.24, 2.45) is 5.92 Å². The van der Waals surface area contributed by atoms with Crippen molar-refractivity contribution < 1.29 is 4.79 Å². The molecule has 2 nitrogen and oxygen atoms in total. The van der Waals surface area contributed by atoms with Gasteiger partial charge in [-0.3, -0.25) is 4.79 Å². The Hall–Kier alpha value is -0.530. The molecule has 1 amide bonds. The van der Waals surface area contributed by atoms with Gasteiger partial charge in [-0.15, -0.1) is 0 Å². The van der Waals surface area contributed by atoms with Gasteiger partial charge < -0.3 is 4.90 Å². The first-order chi connectivity index (χ1) is 6.32. The molecule has 72 valence electrons. The van der Waals surface area contributed by atoms with Crippen LogP contribution < -0.4 is 0 Å². The van der Waals surface area contributed by atoms with Crippen molar-refractivity contribution in [2.75, 3.05) is 6.54 Å². The fourth-order valence-corrected chi connectivity index (χ4v) is 2.65. The summed E-state index contributed by atoms with van der Waals surface area (Å²) >= 11 is 0. The van der Waals surface area contributed by atoms with E-state index >= 15 is 0 Å². The van der Waals surface area contributed by atoms with Crippen LogP contribution in [-0.2, 0) is 4.79 Å². The zero-order valence-electron chi connectivity index (χ0n) is 8.09. The summed E-state index contributed by atoms with van der Waals surface area (Å²) < 4.78 is 0. The zero-order chi connectivity index (χ0) is 8.89. The molecular formula is C11H17NO. The van der Waals surface area contributed by atoms with Gasteiger partial charge in [-0.1, -0.05) is 0 Å². The molecular weight excluding hydrogens is 162 g/mol. The highest BCUT2D eigenvalue weighted by molar-refractivity contribution is 5.82. The van der Waals surface area contributed by atoms with Crippen molar-refractivity contribution in [3.05, 3.63) is 0 Å². The summed E-state index contributed by atoms with van der Waals surface area (Å²) in [6.07, 6.45) is 8.74. The van der Waals surface area contributed by atoms with E-state index < -0.39 is 0 Å². The van der Waals surface area contributed by atoms with E-state index in [1.807, 2.05) is 0 Å². The summed E-state index contributed by atoms with van der Waals surface area (Å²) in [6.45, 7) is 1.05. The average Bonchev–Trinajstić information content (AvgIpc) is 2.97. The third kappa shape index (κ3) is 1.18. The molecule has 2 saturated carbocycles. The van der Waals surface area contributed by atoms with E-state index in [1.165, 1.54) is 32.1 Å². The minimum atomic E-state index is 0.373. The number of amides is 1. The molecule has 0 aromatic rings. The summed E-state index contributed by atoms with van der Waals surface area (Å²) in [5, 5.41) is 0. The topological polar surface area (TPSA) is 20.3 Å². The van der Waals surface area contributed by atoms with Gasteiger partial charge in [0.2, 0.25) is 5.91 Å². The average molecular weight is 179 g/mol. The van der Waals surface area contributed by atoms with Gasteiger partial charge >= 0.3 is 0 Å². The highest BCUT2D eigenvalue weighted by atomic mass is 16.2. The molecule has 1 aliphatic heterocycles. The van der Waals surface area contributed by atoms with Crippen molar-refractivity contribution in [1.29, 1.82) is 0 Å². The second-order valence-corrected chi connectivity index (χ2v) is 4.95. The Labute approximate surface area is 79.3 Å². The van der Waals surface area contributed by atoms with Gasteiger partial charge in [-0.05, 0) is 44.9 Å². The van der Waals surface area contributed by atoms with Crippen molar-refractivity contribution in [2.45, 2.75) is 50.5 Å². The third-order valence-corrected chi connectivity index (χ3v) is 3.87. The molecule has 3 aliphatic rings. The van der Waals surface area contributed by atoms with Gasteiger partial charge in [0.25, 0.3) is 0 Å². The number of hydrogen-bond donors (Lipinski definition) is 0. The normalized spacial score (nSPS) is 30.6. The lowest BCUT2D eigenvalue weighted by Crippen LogP contribution is -2.46. The van der Waals surface area contributed by atoms with Crippen LogP contribution in [0, 0.1) is 5.92 Å². The minimum Gasteiger partial charge on any atom is -0.337 e. The first-order valence-electron chi connectivity index (χ1n) is 5.63. The Bertz CT molecular complexity index is 240. The number of piperidine rings is 1. The van der Waals surface area contributed by atoms with Gasteiger partial charge in [0.1, 0.15) is 0 Å². The molecule has 2 heteroatoms. The van der Waals surface area contributed by atoms with Crippen molar-refractivity contribution >= 4 is 5.91 Å². The molecule has 3 rings (SSSR count). The highest BCUT2D eigenvalue weighted by Gasteiger charge is 2.52. The third-order valence-electron chi connectivity index (χ3n) is 3.87. The molecule has 0 atom stereocenters. The predicted molar refractivity (Wildman–Crippen MR) is 50.3 cm³/mol. The second-order valence-electron chi connectivity index (χ2n) is 4.95. The second kappa shape index (κ2) is 2.49. The Balaban J connectivity index is 1.76. The summed E-state index contributed by atoms with van der Waals surface area (Å²) in [5.41, 5.74) is 0.373. The van der Waals surface area contributed by atoms with Gasteiger partial charge in [-0.25, -0.2) is 0 Å². The number of nitrogens with zero attached hydrogens (tertiary/aromatic N) is 1. The number of hydrogen-bond acceptors (Lipinski definition) is 1. The van der Waals surface area contributed by atoms with Crippen LogP contribution in [0.2, 0.25) is 0 Å². The van der Waals surface area contributed by atoms with Crippen LogP contribution in [0.3, 0.4) is 0 Å². The van der Waals surface area contributed by atoms with Crippen LogP contribution in [0.5, 0.6) is 0 Å². The van der Waals surface area contributed by atoms with E-state index in [0.29, 0.717) is 17.4 Å². The van der Waals surface area contributed by atoms with Crippen molar-refractivity contribution in [1.82, 2.24) is 4.90 Å². The molecule has 0 bridgehead atoms. The molecule has 0 aromatic carbocycles. The smallest absolute Gasteiger partial charge is 0.226 e. The number of rotatable bonds is 1. The monoisotopic (exact) mass is 179 g/mol. The Morgan fingerprint density at radius 3 is 2.54 bits per heavy atom. The summed E-state index contributed by atoms with van der Waals surface area (Å²) in [6, 6.07) is 0. The Kier molecular flexibility index (Phi) is 1.50.